The quantitative estimate of drug-likeness (QED) is 0.478. The molecule has 2 aromatic carbocycles. The van der Waals surface area contributed by atoms with Gasteiger partial charge in [-0.15, -0.1) is 0 Å². The Kier molecular flexibility index (Phi) is 7.05. The van der Waals surface area contributed by atoms with Crippen molar-refractivity contribution in [1.29, 1.82) is 0 Å². The van der Waals surface area contributed by atoms with Gasteiger partial charge < -0.3 is 9.47 Å². The molecule has 0 atom stereocenters. The van der Waals surface area contributed by atoms with Crippen LogP contribution in [0, 0.1) is 0 Å². The Bertz CT molecular complexity index is 836. The molecule has 1 aromatic heterocycles. The molecule has 0 spiro atoms. The molecule has 142 valence electrons. The molecule has 0 aliphatic rings. The SMILES string of the molecule is CCCCc1cc2ccccc2c(OCCN(C)COc2ccccc2)n1. The van der Waals surface area contributed by atoms with Crippen LogP contribution in [-0.4, -0.2) is 36.8 Å². The van der Waals surface area contributed by atoms with Crippen LogP contribution in [0.4, 0.5) is 0 Å². The molecule has 1 heterocycles. The highest BCUT2D eigenvalue weighted by atomic mass is 16.5. The molecule has 3 rings (SSSR count). The van der Waals surface area contributed by atoms with E-state index >= 15 is 0 Å². The lowest BCUT2D eigenvalue weighted by Crippen LogP contribution is -2.28. The molecule has 0 fully saturated rings. The summed E-state index contributed by atoms with van der Waals surface area (Å²) in [5, 5.41) is 2.26. The molecule has 0 unspecified atom stereocenters. The fourth-order valence-electron chi connectivity index (χ4n) is 2.88. The maximum absolute atomic E-state index is 6.05. The number of ether oxygens (including phenoxy) is 2. The molecule has 4 nitrogen and oxygen atoms in total. The molecule has 0 aliphatic heterocycles. The Morgan fingerprint density at radius 1 is 0.963 bits per heavy atom. The van der Waals surface area contributed by atoms with Crippen molar-refractivity contribution in [2.45, 2.75) is 26.2 Å². The van der Waals surface area contributed by atoms with Crippen LogP contribution in [0.3, 0.4) is 0 Å². The number of hydrogen-bond acceptors (Lipinski definition) is 4. The van der Waals surface area contributed by atoms with E-state index in [1.807, 2.05) is 43.4 Å². The molecular formula is C23H28N2O2. The molecule has 4 heteroatoms. The lowest BCUT2D eigenvalue weighted by atomic mass is 10.1. The van der Waals surface area contributed by atoms with Crippen LogP contribution in [-0.2, 0) is 6.42 Å². The number of unbranched alkanes of at least 4 members (excludes halogenated alkanes) is 1. The Morgan fingerprint density at radius 3 is 2.56 bits per heavy atom. The Hall–Kier alpha value is -2.59. The van der Waals surface area contributed by atoms with Gasteiger partial charge in [0.25, 0.3) is 0 Å². The van der Waals surface area contributed by atoms with E-state index < -0.39 is 0 Å². The summed E-state index contributed by atoms with van der Waals surface area (Å²) in [7, 11) is 2.02. The van der Waals surface area contributed by atoms with Gasteiger partial charge in [0.05, 0.1) is 0 Å². The van der Waals surface area contributed by atoms with Crippen LogP contribution < -0.4 is 9.47 Å². The van der Waals surface area contributed by atoms with Crippen LogP contribution in [0.2, 0.25) is 0 Å². The van der Waals surface area contributed by atoms with Crippen LogP contribution in [0.5, 0.6) is 11.6 Å². The van der Waals surface area contributed by atoms with Crippen molar-refractivity contribution in [3.8, 4) is 11.6 Å². The summed E-state index contributed by atoms with van der Waals surface area (Å²) in [6.45, 7) is 4.06. The van der Waals surface area contributed by atoms with Crippen molar-refractivity contribution < 1.29 is 9.47 Å². The summed E-state index contributed by atoms with van der Waals surface area (Å²) in [6.07, 6.45) is 3.30. The van der Waals surface area contributed by atoms with E-state index in [0.29, 0.717) is 13.3 Å². The normalized spacial score (nSPS) is 11.1. The summed E-state index contributed by atoms with van der Waals surface area (Å²) >= 11 is 0. The van der Waals surface area contributed by atoms with E-state index in [9.17, 15) is 0 Å². The Morgan fingerprint density at radius 2 is 1.74 bits per heavy atom. The molecule has 27 heavy (non-hydrogen) atoms. The van der Waals surface area contributed by atoms with Crippen molar-refractivity contribution in [2.24, 2.45) is 0 Å². The van der Waals surface area contributed by atoms with Gasteiger partial charge in [-0.1, -0.05) is 49.7 Å². The maximum atomic E-state index is 6.05. The molecule has 0 amide bonds. The zero-order valence-electron chi connectivity index (χ0n) is 16.2. The second-order valence-electron chi connectivity index (χ2n) is 6.76. The van der Waals surface area contributed by atoms with Crippen molar-refractivity contribution in [3.63, 3.8) is 0 Å². The average molecular weight is 364 g/mol. The minimum Gasteiger partial charge on any atom is -0.478 e. The summed E-state index contributed by atoms with van der Waals surface area (Å²) < 4.78 is 11.8. The number of pyridine rings is 1. The lowest BCUT2D eigenvalue weighted by Gasteiger charge is -2.18. The molecule has 0 saturated carbocycles. The lowest BCUT2D eigenvalue weighted by molar-refractivity contribution is 0.132. The predicted octanol–water partition coefficient (Wildman–Crippen LogP) is 4.92. The summed E-state index contributed by atoms with van der Waals surface area (Å²) in [5.41, 5.74) is 1.10. The standard InChI is InChI=1S/C23H28N2O2/c1-3-4-11-20-17-19-10-8-9-14-22(19)23(24-20)26-16-15-25(2)18-27-21-12-6-5-7-13-21/h5-10,12-14,17H,3-4,11,15-16,18H2,1-2H3. The smallest absolute Gasteiger partial charge is 0.221 e. The topological polar surface area (TPSA) is 34.6 Å². The number of fused-ring (bicyclic) bond motifs is 1. The first-order valence-corrected chi connectivity index (χ1v) is 9.64. The fraction of sp³-hybridized carbons (Fsp3) is 0.348. The van der Waals surface area contributed by atoms with Gasteiger partial charge in [0.1, 0.15) is 19.1 Å². The predicted molar refractivity (Wildman–Crippen MR) is 110 cm³/mol. The number of para-hydroxylation sites is 1. The minimum atomic E-state index is 0.526. The average Bonchev–Trinajstić information content (AvgIpc) is 2.71. The molecule has 0 aliphatic carbocycles. The third kappa shape index (κ3) is 5.69. The van der Waals surface area contributed by atoms with Crippen molar-refractivity contribution in [2.75, 3.05) is 26.9 Å². The first-order valence-electron chi connectivity index (χ1n) is 9.64. The first-order chi connectivity index (χ1) is 13.3. The van der Waals surface area contributed by atoms with E-state index in [1.54, 1.807) is 0 Å². The van der Waals surface area contributed by atoms with Gasteiger partial charge in [0.15, 0.2) is 0 Å². The number of rotatable bonds is 10. The highest BCUT2D eigenvalue weighted by Gasteiger charge is 2.08. The summed E-state index contributed by atoms with van der Waals surface area (Å²) in [4.78, 5) is 6.85. The molecular weight excluding hydrogens is 336 g/mol. The van der Waals surface area contributed by atoms with Crippen LogP contribution >= 0.6 is 0 Å². The van der Waals surface area contributed by atoms with Gasteiger partial charge in [-0.3, -0.25) is 4.90 Å². The van der Waals surface area contributed by atoms with E-state index in [-0.39, 0.29) is 0 Å². The third-order valence-electron chi connectivity index (χ3n) is 4.45. The Labute approximate surface area is 161 Å². The van der Waals surface area contributed by atoms with Crippen molar-refractivity contribution in [3.05, 3.63) is 66.4 Å². The second-order valence-corrected chi connectivity index (χ2v) is 6.76. The molecule has 3 aromatic rings. The van der Waals surface area contributed by atoms with Gasteiger partial charge in [-0.25, -0.2) is 4.98 Å². The van der Waals surface area contributed by atoms with Gasteiger partial charge in [0.2, 0.25) is 5.88 Å². The summed E-state index contributed by atoms with van der Waals surface area (Å²) in [5.74, 6) is 1.61. The zero-order valence-corrected chi connectivity index (χ0v) is 16.2. The number of aromatic nitrogens is 1. The van der Waals surface area contributed by atoms with Crippen molar-refractivity contribution in [1.82, 2.24) is 9.88 Å². The van der Waals surface area contributed by atoms with E-state index in [0.717, 1.165) is 48.5 Å². The zero-order chi connectivity index (χ0) is 18.9. The highest BCUT2D eigenvalue weighted by Crippen LogP contribution is 2.25. The monoisotopic (exact) mass is 364 g/mol. The number of benzene rings is 2. The molecule has 0 radical (unpaired) electrons. The molecule has 0 saturated heterocycles. The van der Waals surface area contributed by atoms with Gasteiger partial charge in [0, 0.05) is 17.6 Å². The number of nitrogens with zero attached hydrogens (tertiary/aromatic N) is 2. The third-order valence-corrected chi connectivity index (χ3v) is 4.45. The second kappa shape index (κ2) is 9.93. The van der Waals surface area contributed by atoms with Gasteiger partial charge in [-0.05, 0) is 49.5 Å². The summed E-state index contributed by atoms with van der Waals surface area (Å²) in [6, 6.07) is 20.3. The van der Waals surface area contributed by atoms with Gasteiger partial charge in [-0.2, -0.15) is 0 Å². The number of aryl methyl sites for hydroxylation is 1. The molecule has 0 bridgehead atoms. The van der Waals surface area contributed by atoms with E-state index in [4.69, 9.17) is 14.5 Å². The van der Waals surface area contributed by atoms with E-state index in [1.165, 1.54) is 5.39 Å². The largest absolute Gasteiger partial charge is 0.478 e. The highest BCUT2D eigenvalue weighted by molar-refractivity contribution is 5.87. The first kappa shape index (κ1) is 19.2. The van der Waals surface area contributed by atoms with E-state index in [2.05, 4.69) is 36.1 Å². The number of likely N-dealkylation sites (N-methyl/N-ethyl adjacent to an activating group) is 1. The van der Waals surface area contributed by atoms with Crippen molar-refractivity contribution >= 4 is 10.8 Å². The number of hydrogen-bond donors (Lipinski definition) is 0. The fourth-order valence-corrected chi connectivity index (χ4v) is 2.88. The van der Waals surface area contributed by atoms with Crippen LogP contribution in [0.15, 0.2) is 60.7 Å². The van der Waals surface area contributed by atoms with Crippen LogP contribution in [0.1, 0.15) is 25.5 Å². The maximum Gasteiger partial charge on any atom is 0.221 e. The Balaban J connectivity index is 1.57. The molecule has 0 N–H and O–H groups in total. The minimum absolute atomic E-state index is 0.526. The van der Waals surface area contributed by atoms with Gasteiger partial charge >= 0.3 is 0 Å². The van der Waals surface area contributed by atoms with Crippen LogP contribution in [0.25, 0.3) is 10.8 Å².